The fourth-order valence-electron chi connectivity index (χ4n) is 2.01. The average molecular weight is 361 g/mol. The van der Waals surface area contributed by atoms with Crippen LogP contribution in [0.1, 0.15) is 22.3 Å². The number of rotatable bonds is 3. The Bertz CT molecular complexity index is 751. The van der Waals surface area contributed by atoms with Gasteiger partial charge in [-0.25, -0.2) is 0 Å². The molecule has 0 N–H and O–H groups in total. The van der Waals surface area contributed by atoms with E-state index in [0.717, 1.165) is 16.1 Å². The Hall–Kier alpha value is -2.83. The van der Waals surface area contributed by atoms with Gasteiger partial charge in [-0.15, -0.1) is 0 Å². The summed E-state index contributed by atoms with van der Waals surface area (Å²) in [6, 6.07) is 25.8. The molecule has 0 nitrogen and oxygen atoms in total. The lowest BCUT2D eigenvalue weighted by Gasteiger charge is -1.96. The van der Waals surface area contributed by atoms with Crippen LogP contribution in [0.2, 0.25) is 5.02 Å². The zero-order valence-electron chi connectivity index (χ0n) is 15.2. The van der Waals surface area contributed by atoms with Crippen LogP contribution in [-0.4, -0.2) is 0 Å². The molecule has 0 unspecified atom stereocenters. The maximum Gasteiger partial charge on any atom is 0.0406 e. The molecule has 0 fully saturated rings. The van der Waals surface area contributed by atoms with Crippen LogP contribution in [0.5, 0.6) is 0 Å². The molecule has 0 saturated heterocycles. The summed E-state index contributed by atoms with van der Waals surface area (Å²) in [6.45, 7) is 13.1. The van der Waals surface area contributed by atoms with Gasteiger partial charge in [-0.3, -0.25) is 0 Å². The van der Waals surface area contributed by atoms with Crippen molar-refractivity contribution in [2.45, 2.75) is 6.92 Å². The average Bonchev–Trinajstić information content (AvgIpc) is 2.71. The molecule has 0 aliphatic rings. The van der Waals surface area contributed by atoms with Crippen LogP contribution < -0.4 is 0 Å². The predicted octanol–water partition coefficient (Wildman–Crippen LogP) is 7.95. The van der Waals surface area contributed by atoms with Crippen molar-refractivity contribution >= 4 is 29.8 Å². The fraction of sp³-hybridized carbons (Fsp3) is 0.0400. The molecule has 0 radical (unpaired) electrons. The fourth-order valence-corrected chi connectivity index (χ4v) is 2.13. The van der Waals surface area contributed by atoms with Gasteiger partial charge < -0.3 is 0 Å². The summed E-state index contributed by atoms with van der Waals surface area (Å²) in [4.78, 5) is 0. The Balaban J connectivity index is 0.000000197. The molecule has 0 aliphatic heterocycles. The summed E-state index contributed by atoms with van der Waals surface area (Å²) in [5, 5.41) is 0.801. The van der Waals surface area contributed by atoms with Crippen molar-refractivity contribution < 1.29 is 0 Å². The van der Waals surface area contributed by atoms with Crippen molar-refractivity contribution in [2.24, 2.45) is 0 Å². The first-order chi connectivity index (χ1) is 12.6. The van der Waals surface area contributed by atoms with Crippen LogP contribution in [0.3, 0.4) is 0 Å². The van der Waals surface area contributed by atoms with Crippen molar-refractivity contribution in [1.29, 1.82) is 0 Å². The Morgan fingerprint density at radius 2 is 1.08 bits per heavy atom. The Kier molecular flexibility index (Phi) is 10.2. The maximum absolute atomic E-state index is 5.61. The minimum Gasteiger partial charge on any atom is -0.0985 e. The van der Waals surface area contributed by atoms with Crippen LogP contribution in [0.25, 0.3) is 18.2 Å². The van der Waals surface area contributed by atoms with Gasteiger partial charge in [0.15, 0.2) is 0 Å². The van der Waals surface area contributed by atoms with Gasteiger partial charge in [0.1, 0.15) is 0 Å². The van der Waals surface area contributed by atoms with Crippen LogP contribution >= 0.6 is 11.6 Å². The monoisotopic (exact) mass is 360 g/mol. The van der Waals surface area contributed by atoms with Gasteiger partial charge in [0, 0.05) is 5.02 Å². The Morgan fingerprint density at radius 3 is 1.42 bits per heavy atom. The summed E-state index contributed by atoms with van der Waals surface area (Å²) in [5.41, 5.74) is 4.69. The number of benzene rings is 3. The van der Waals surface area contributed by atoms with E-state index in [0.29, 0.717) is 0 Å². The van der Waals surface area contributed by atoms with Gasteiger partial charge in [0.2, 0.25) is 0 Å². The summed E-state index contributed by atoms with van der Waals surface area (Å²) < 4.78 is 0. The van der Waals surface area contributed by atoms with Crippen molar-refractivity contribution in [3.8, 4) is 0 Å². The Labute approximate surface area is 162 Å². The van der Waals surface area contributed by atoms with E-state index in [1.165, 1.54) is 11.1 Å². The van der Waals surface area contributed by atoms with E-state index in [1.54, 1.807) is 0 Å². The highest BCUT2D eigenvalue weighted by molar-refractivity contribution is 6.30. The lowest BCUT2D eigenvalue weighted by Crippen LogP contribution is -1.76. The minimum atomic E-state index is 0.801. The molecule has 26 heavy (non-hydrogen) atoms. The molecule has 0 aromatic heterocycles. The third-order valence-electron chi connectivity index (χ3n) is 3.48. The molecule has 0 amide bonds. The van der Waals surface area contributed by atoms with Crippen molar-refractivity contribution in [2.75, 3.05) is 0 Å². The van der Waals surface area contributed by atoms with Crippen LogP contribution in [0, 0.1) is 6.92 Å². The molecule has 0 atom stereocenters. The highest BCUT2D eigenvalue weighted by Crippen LogP contribution is 2.10. The molecular formula is C25H25Cl. The number of aryl methyl sites for hydroxylation is 1. The van der Waals surface area contributed by atoms with Crippen molar-refractivity contribution in [3.05, 3.63) is 126 Å². The standard InChI is InChI=1S/C10H10.C8H8.C7H7Cl/c1-3-9-7-5-6-8-10(9)4-2;1-2-8-6-4-3-5-7-8;1-6-2-4-7(8)5-3-6/h3-8H,1-2H2;2-7H,1H2;2-5H,1H3. The molecule has 0 spiro atoms. The first-order valence-electron chi connectivity index (χ1n) is 8.34. The summed E-state index contributed by atoms with van der Waals surface area (Å²) >= 11 is 5.61. The van der Waals surface area contributed by atoms with Gasteiger partial charge in [-0.05, 0) is 35.7 Å². The molecular weight excluding hydrogens is 336 g/mol. The van der Waals surface area contributed by atoms with Gasteiger partial charge in [0.25, 0.3) is 0 Å². The number of halogens is 1. The van der Waals surface area contributed by atoms with E-state index >= 15 is 0 Å². The second-order valence-electron chi connectivity index (χ2n) is 5.45. The lowest BCUT2D eigenvalue weighted by molar-refractivity contribution is 1.48. The second-order valence-corrected chi connectivity index (χ2v) is 5.88. The molecule has 3 rings (SSSR count). The highest BCUT2D eigenvalue weighted by atomic mass is 35.5. The summed E-state index contributed by atoms with van der Waals surface area (Å²) in [7, 11) is 0. The molecule has 3 aromatic rings. The number of hydrogen-bond donors (Lipinski definition) is 0. The van der Waals surface area contributed by atoms with Gasteiger partial charge >= 0.3 is 0 Å². The van der Waals surface area contributed by atoms with Gasteiger partial charge in [-0.1, -0.05) is 122 Å². The largest absolute Gasteiger partial charge is 0.0985 e. The normalized spacial score (nSPS) is 8.85. The quantitative estimate of drug-likeness (QED) is 0.444. The van der Waals surface area contributed by atoms with E-state index in [1.807, 2.05) is 104 Å². The lowest BCUT2D eigenvalue weighted by atomic mass is 10.1. The van der Waals surface area contributed by atoms with Crippen LogP contribution in [0.4, 0.5) is 0 Å². The highest BCUT2D eigenvalue weighted by Gasteiger charge is 1.89. The van der Waals surface area contributed by atoms with E-state index in [2.05, 4.69) is 19.7 Å². The second kappa shape index (κ2) is 12.5. The smallest absolute Gasteiger partial charge is 0.0406 e. The SMILES string of the molecule is C=Cc1ccccc1.C=Cc1ccccc1C=C.Cc1ccc(Cl)cc1. The molecule has 0 bridgehead atoms. The third kappa shape index (κ3) is 8.32. The first-order valence-corrected chi connectivity index (χ1v) is 8.72. The summed E-state index contributed by atoms with van der Waals surface area (Å²) in [6.07, 6.45) is 5.49. The molecule has 3 aromatic carbocycles. The van der Waals surface area contributed by atoms with E-state index in [4.69, 9.17) is 11.6 Å². The van der Waals surface area contributed by atoms with E-state index in [9.17, 15) is 0 Å². The zero-order valence-corrected chi connectivity index (χ0v) is 16.0. The van der Waals surface area contributed by atoms with Crippen molar-refractivity contribution in [3.63, 3.8) is 0 Å². The van der Waals surface area contributed by atoms with E-state index < -0.39 is 0 Å². The Morgan fingerprint density at radius 1 is 0.615 bits per heavy atom. The summed E-state index contributed by atoms with van der Waals surface area (Å²) in [5.74, 6) is 0. The first kappa shape index (κ1) is 21.2. The van der Waals surface area contributed by atoms with E-state index in [-0.39, 0.29) is 0 Å². The maximum atomic E-state index is 5.61. The molecule has 0 saturated carbocycles. The number of hydrogen-bond acceptors (Lipinski definition) is 0. The molecule has 1 heteroatoms. The predicted molar refractivity (Wildman–Crippen MR) is 119 cm³/mol. The topological polar surface area (TPSA) is 0 Å². The molecule has 0 aliphatic carbocycles. The molecule has 0 heterocycles. The molecule has 132 valence electrons. The minimum absolute atomic E-state index is 0.801. The zero-order chi connectivity index (χ0) is 19.2. The van der Waals surface area contributed by atoms with Crippen molar-refractivity contribution in [1.82, 2.24) is 0 Å². The van der Waals surface area contributed by atoms with Gasteiger partial charge in [-0.2, -0.15) is 0 Å². The van der Waals surface area contributed by atoms with Gasteiger partial charge in [0.05, 0.1) is 0 Å². The van der Waals surface area contributed by atoms with Crippen LogP contribution in [-0.2, 0) is 0 Å². The van der Waals surface area contributed by atoms with Crippen LogP contribution in [0.15, 0.2) is 98.6 Å². The third-order valence-corrected chi connectivity index (χ3v) is 3.73.